The van der Waals surface area contributed by atoms with Crippen molar-refractivity contribution in [2.24, 2.45) is 0 Å². The first-order valence-corrected chi connectivity index (χ1v) is 7.89. The fourth-order valence-electron chi connectivity index (χ4n) is 1.95. The average molecular weight is 302 g/mol. The Labute approximate surface area is 126 Å². The summed E-state index contributed by atoms with van der Waals surface area (Å²) in [6.45, 7) is 3.82. The molecule has 4 nitrogen and oxygen atoms in total. The summed E-state index contributed by atoms with van der Waals surface area (Å²) in [4.78, 5) is 12.7. The Balaban J connectivity index is 2.08. The predicted octanol–water partition coefficient (Wildman–Crippen LogP) is 2.63. The molecule has 0 aliphatic carbocycles. The molecule has 1 amide bonds. The number of nitrogens with one attached hydrogen (secondary N) is 1. The zero-order valence-corrected chi connectivity index (χ0v) is 12.9. The summed E-state index contributed by atoms with van der Waals surface area (Å²) in [6.07, 6.45) is 0. The minimum Gasteiger partial charge on any atom is -0.397 e. The highest BCUT2D eigenvalue weighted by atomic mass is 32.2. The smallest absolute Gasteiger partial charge is 0.237 e. The van der Waals surface area contributed by atoms with Crippen molar-refractivity contribution in [1.29, 1.82) is 0 Å². The van der Waals surface area contributed by atoms with Crippen molar-refractivity contribution in [3.8, 4) is 0 Å². The molecule has 0 saturated heterocycles. The minimum absolute atomic E-state index is 0.0847. The zero-order chi connectivity index (χ0) is 15.4. The third-order valence-electron chi connectivity index (χ3n) is 3.09. The van der Waals surface area contributed by atoms with Crippen molar-refractivity contribution in [3.05, 3.63) is 53.6 Å². The van der Waals surface area contributed by atoms with Crippen LogP contribution in [0.1, 0.15) is 11.1 Å². The Morgan fingerprint density at radius 3 is 2.62 bits per heavy atom. The maximum Gasteiger partial charge on any atom is 0.237 e. The molecule has 21 heavy (non-hydrogen) atoms. The fourth-order valence-corrected chi connectivity index (χ4v) is 3.16. The molecule has 0 aromatic heterocycles. The van der Waals surface area contributed by atoms with Crippen LogP contribution in [0.3, 0.4) is 0 Å². The summed E-state index contributed by atoms with van der Waals surface area (Å²) in [5.74, 6) is -0.398. The lowest BCUT2D eigenvalue weighted by Gasteiger charge is -2.09. The maximum absolute atomic E-state index is 12.3. The summed E-state index contributed by atoms with van der Waals surface area (Å²) >= 11 is 0. The molecule has 0 bridgehead atoms. The highest BCUT2D eigenvalue weighted by Gasteiger charge is 2.13. The van der Waals surface area contributed by atoms with E-state index in [1.807, 2.05) is 32.0 Å². The number of rotatable bonds is 4. The Morgan fingerprint density at radius 1 is 1.19 bits per heavy atom. The molecule has 0 radical (unpaired) electrons. The molecule has 2 rings (SSSR count). The Bertz CT molecular complexity index is 698. The number of carbonyl (C=O) groups is 1. The lowest BCUT2D eigenvalue weighted by Crippen LogP contribution is -2.20. The number of para-hydroxylation sites is 2. The third kappa shape index (κ3) is 3.92. The van der Waals surface area contributed by atoms with E-state index in [4.69, 9.17) is 5.73 Å². The van der Waals surface area contributed by atoms with E-state index in [1.54, 1.807) is 24.3 Å². The largest absolute Gasteiger partial charge is 0.397 e. The molecular formula is C16H18N2O2S. The normalized spacial score (nSPS) is 11.9. The van der Waals surface area contributed by atoms with E-state index in [9.17, 15) is 9.00 Å². The molecule has 1 atom stereocenters. The zero-order valence-electron chi connectivity index (χ0n) is 12.1. The molecule has 0 spiro atoms. The van der Waals surface area contributed by atoms with Gasteiger partial charge in [-0.2, -0.15) is 0 Å². The summed E-state index contributed by atoms with van der Waals surface area (Å²) in [6, 6.07) is 12.7. The van der Waals surface area contributed by atoms with Crippen LogP contribution in [0.2, 0.25) is 0 Å². The van der Waals surface area contributed by atoms with E-state index in [0.29, 0.717) is 16.3 Å². The molecule has 3 N–H and O–H groups in total. The molecule has 0 saturated carbocycles. The van der Waals surface area contributed by atoms with Crippen LogP contribution in [0.5, 0.6) is 0 Å². The van der Waals surface area contributed by atoms with Crippen LogP contribution in [0.15, 0.2) is 47.4 Å². The second-order valence-electron chi connectivity index (χ2n) is 4.89. The van der Waals surface area contributed by atoms with Gasteiger partial charge < -0.3 is 11.1 Å². The van der Waals surface area contributed by atoms with Crippen molar-refractivity contribution in [2.75, 3.05) is 16.8 Å². The van der Waals surface area contributed by atoms with Gasteiger partial charge in [0.05, 0.1) is 22.2 Å². The number of anilines is 2. The molecule has 0 heterocycles. The van der Waals surface area contributed by atoms with E-state index >= 15 is 0 Å². The molecule has 5 heteroatoms. The van der Waals surface area contributed by atoms with Crippen molar-refractivity contribution in [3.63, 3.8) is 0 Å². The molecular weight excluding hydrogens is 284 g/mol. The van der Waals surface area contributed by atoms with Gasteiger partial charge in [-0.25, -0.2) is 0 Å². The van der Waals surface area contributed by atoms with E-state index < -0.39 is 10.8 Å². The first kappa shape index (κ1) is 15.3. The van der Waals surface area contributed by atoms with Crippen LogP contribution in [-0.4, -0.2) is 15.9 Å². The molecule has 0 fully saturated rings. The van der Waals surface area contributed by atoms with Gasteiger partial charge in [0.2, 0.25) is 5.91 Å². The second kappa shape index (κ2) is 6.54. The Hall–Kier alpha value is -2.14. The summed E-state index contributed by atoms with van der Waals surface area (Å²) in [5.41, 5.74) is 8.74. The molecule has 110 valence electrons. The number of hydrogen-bond acceptors (Lipinski definition) is 3. The SMILES string of the molecule is Cc1ccc(C)c(S(=O)CC(=O)Nc2ccccc2N)c1. The van der Waals surface area contributed by atoms with Crippen LogP contribution in [0.4, 0.5) is 11.4 Å². The Kier molecular flexibility index (Phi) is 4.75. The van der Waals surface area contributed by atoms with Gasteiger partial charge in [0.25, 0.3) is 0 Å². The lowest BCUT2D eigenvalue weighted by molar-refractivity contribution is -0.113. The number of nitrogens with two attached hydrogens (primary N) is 1. The number of aryl methyl sites for hydroxylation is 2. The Morgan fingerprint density at radius 2 is 1.90 bits per heavy atom. The maximum atomic E-state index is 12.3. The van der Waals surface area contributed by atoms with E-state index in [2.05, 4.69) is 5.32 Å². The predicted molar refractivity (Wildman–Crippen MR) is 86.7 cm³/mol. The minimum atomic E-state index is -1.37. The number of amides is 1. The topological polar surface area (TPSA) is 72.2 Å². The molecule has 0 aliphatic heterocycles. The van der Waals surface area contributed by atoms with Gasteiger partial charge in [-0.3, -0.25) is 9.00 Å². The summed E-state index contributed by atoms with van der Waals surface area (Å²) in [7, 11) is -1.37. The van der Waals surface area contributed by atoms with Gasteiger partial charge >= 0.3 is 0 Å². The first-order valence-electron chi connectivity index (χ1n) is 6.57. The fraction of sp³-hybridized carbons (Fsp3) is 0.188. The van der Waals surface area contributed by atoms with Crippen molar-refractivity contribution < 1.29 is 9.00 Å². The van der Waals surface area contributed by atoms with Crippen molar-refractivity contribution >= 4 is 28.1 Å². The summed E-state index contributed by atoms with van der Waals surface area (Å²) < 4.78 is 12.3. The van der Waals surface area contributed by atoms with E-state index in [0.717, 1.165) is 11.1 Å². The first-order chi connectivity index (χ1) is 9.97. The lowest BCUT2D eigenvalue weighted by atomic mass is 10.2. The van der Waals surface area contributed by atoms with Crippen LogP contribution in [0.25, 0.3) is 0 Å². The monoisotopic (exact) mass is 302 g/mol. The number of nitrogen functional groups attached to an aromatic ring is 1. The van der Waals surface area contributed by atoms with Gasteiger partial charge in [0.1, 0.15) is 5.75 Å². The average Bonchev–Trinajstić information content (AvgIpc) is 2.44. The second-order valence-corrected chi connectivity index (χ2v) is 6.31. The van der Waals surface area contributed by atoms with Gasteiger partial charge in [0, 0.05) is 4.90 Å². The molecule has 2 aromatic rings. The highest BCUT2D eigenvalue weighted by Crippen LogP contribution is 2.18. The summed E-state index contributed by atoms with van der Waals surface area (Å²) in [5, 5.41) is 2.69. The molecule has 0 aliphatic rings. The van der Waals surface area contributed by atoms with Gasteiger partial charge in [0.15, 0.2) is 0 Å². The molecule has 1 unspecified atom stereocenters. The van der Waals surface area contributed by atoms with E-state index in [-0.39, 0.29) is 11.7 Å². The van der Waals surface area contributed by atoms with E-state index in [1.165, 1.54) is 0 Å². The van der Waals surface area contributed by atoms with Gasteiger partial charge in [-0.15, -0.1) is 0 Å². The van der Waals surface area contributed by atoms with Crippen molar-refractivity contribution in [1.82, 2.24) is 0 Å². The highest BCUT2D eigenvalue weighted by molar-refractivity contribution is 7.85. The van der Waals surface area contributed by atoms with Crippen molar-refractivity contribution in [2.45, 2.75) is 18.7 Å². The third-order valence-corrected chi connectivity index (χ3v) is 4.54. The van der Waals surface area contributed by atoms with Crippen LogP contribution < -0.4 is 11.1 Å². The van der Waals surface area contributed by atoms with Crippen LogP contribution in [0, 0.1) is 13.8 Å². The number of hydrogen-bond donors (Lipinski definition) is 2. The van der Waals surface area contributed by atoms with Crippen LogP contribution >= 0.6 is 0 Å². The van der Waals surface area contributed by atoms with Crippen LogP contribution in [-0.2, 0) is 15.6 Å². The van der Waals surface area contributed by atoms with Gasteiger partial charge in [-0.1, -0.05) is 24.3 Å². The standard InChI is InChI=1S/C16H18N2O2S/c1-11-7-8-12(2)15(9-11)21(20)10-16(19)18-14-6-4-3-5-13(14)17/h3-9H,10,17H2,1-2H3,(H,18,19). The van der Waals surface area contributed by atoms with Gasteiger partial charge in [-0.05, 0) is 43.2 Å². The molecule has 2 aromatic carbocycles. The number of carbonyl (C=O) groups excluding carboxylic acids is 1. The number of benzene rings is 2. The quantitative estimate of drug-likeness (QED) is 0.853.